The van der Waals surface area contributed by atoms with Crippen LogP contribution in [0.15, 0.2) is 50.9 Å². The van der Waals surface area contributed by atoms with Crippen molar-refractivity contribution in [2.45, 2.75) is 4.90 Å². The number of nitrogens with one attached hydrogen (secondary N) is 3. The molecule has 24 heavy (non-hydrogen) atoms. The van der Waals surface area contributed by atoms with E-state index in [0.29, 0.717) is 5.56 Å². The van der Waals surface area contributed by atoms with Crippen molar-refractivity contribution in [2.24, 2.45) is 0 Å². The Bertz CT molecular complexity index is 1060. The summed E-state index contributed by atoms with van der Waals surface area (Å²) in [5, 5.41) is 4.39. The van der Waals surface area contributed by atoms with Crippen molar-refractivity contribution in [3.63, 3.8) is 0 Å². The summed E-state index contributed by atoms with van der Waals surface area (Å²) in [6.45, 7) is 0. The van der Waals surface area contributed by atoms with Crippen molar-refractivity contribution < 1.29 is 4.79 Å². The smallest absolute Gasteiger partial charge is 0.327 e. The van der Waals surface area contributed by atoms with E-state index in [1.165, 1.54) is 11.8 Å². The van der Waals surface area contributed by atoms with E-state index >= 15 is 0 Å². The van der Waals surface area contributed by atoms with Crippen LogP contribution in [0.4, 0.5) is 11.5 Å². The van der Waals surface area contributed by atoms with Gasteiger partial charge in [-0.2, -0.15) is 0 Å². The summed E-state index contributed by atoms with van der Waals surface area (Å²) in [5.74, 6) is -0.669. The van der Waals surface area contributed by atoms with Crippen LogP contribution in [0.2, 0.25) is 0 Å². The molecule has 3 aromatic rings. The topological polar surface area (TPSA) is 121 Å². The highest BCUT2D eigenvalue weighted by Crippen LogP contribution is 2.27. The minimum atomic E-state index is -0.754. The molecule has 0 radical (unpaired) electrons. The first-order valence-corrected chi connectivity index (χ1v) is 8.22. The Hall–Kier alpha value is -3.00. The van der Waals surface area contributed by atoms with Crippen molar-refractivity contribution in [3.05, 3.63) is 62.8 Å². The van der Waals surface area contributed by atoms with Gasteiger partial charge in [-0.1, -0.05) is 24.3 Å². The highest BCUT2D eigenvalue weighted by molar-refractivity contribution is 7.98. The van der Waals surface area contributed by atoms with Gasteiger partial charge in [-0.3, -0.25) is 19.6 Å². The van der Waals surface area contributed by atoms with Gasteiger partial charge in [0, 0.05) is 4.90 Å². The standard InChI is InChI=1S/C16H14N4O3S/c1-24-11-7-9-5-3-2-4-8(9)6-10(11)14(21)18-12-13(17)19-16(23)20-15(12)22/h2-7H,1H3,(H,18,21)(H4,17,19,20,22,23). The Morgan fingerprint density at radius 2 is 1.79 bits per heavy atom. The third-order valence-corrected chi connectivity index (χ3v) is 4.30. The lowest BCUT2D eigenvalue weighted by Crippen LogP contribution is -2.29. The number of aromatic amines is 2. The number of carbonyl (C=O) groups excluding carboxylic acids is 1. The number of anilines is 2. The average molecular weight is 342 g/mol. The fourth-order valence-corrected chi connectivity index (χ4v) is 2.99. The van der Waals surface area contributed by atoms with Crippen LogP contribution in [0.5, 0.6) is 0 Å². The summed E-state index contributed by atoms with van der Waals surface area (Å²) in [5.41, 5.74) is 4.37. The van der Waals surface area contributed by atoms with Gasteiger partial charge < -0.3 is 11.1 Å². The van der Waals surface area contributed by atoms with Gasteiger partial charge in [0.1, 0.15) is 11.5 Å². The van der Waals surface area contributed by atoms with Crippen LogP contribution in [-0.2, 0) is 0 Å². The molecule has 0 saturated heterocycles. The van der Waals surface area contributed by atoms with Crippen LogP contribution < -0.4 is 22.3 Å². The zero-order chi connectivity index (χ0) is 17.3. The fourth-order valence-electron chi connectivity index (χ4n) is 2.37. The molecule has 0 spiro atoms. The van der Waals surface area contributed by atoms with Gasteiger partial charge >= 0.3 is 5.69 Å². The van der Waals surface area contributed by atoms with Gasteiger partial charge in [-0.05, 0) is 29.2 Å². The number of H-pyrrole nitrogens is 2. The molecular formula is C16H14N4O3S. The second-order valence-electron chi connectivity index (χ2n) is 5.05. The zero-order valence-electron chi connectivity index (χ0n) is 12.7. The molecule has 122 valence electrons. The van der Waals surface area contributed by atoms with Crippen LogP contribution in [-0.4, -0.2) is 22.1 Å². The number of rotatable bonds is 3. The maximum atomic E-state index is 12.6. The number of nitrogen functional groups attached to an aromatic ring is 1. The Balaban J connectivity index is 2.06. The lowest BCUT2D eigenvalue weighted by molar-refractivity contribution is 0.102. The quantitative estimate of drug-likeness (QED) is 0.541. The molecule has 1 amide bonds. The van der Waals surface area contributed by atoms with Crippen LogP contribution >= 0.6 is 11.8 Å². The van der Waals surface area contributed by atoms with Crippen molar-refractivity contribution in [2.75, 3.05) is 17.3 Å². The monoisotopic (exact) mass is 342 g/mol. The van der Waals surface area contributed by atoms with E-state index in [9.17, 15) is 14.4 Å². The molecule has 0 aliphatic rings. The van der Waals surface area contributed by atoms with Gasteiger partial charge in [-0.25, -0.2) is 4.79 Å². The molecule has 5 N–H and O–H groups in total. The van der Waals surface area contributed by atoms with E-state index in [4.69, 9.17) is 5.73 Å². The third kappa shape index (κ3) is 2.91. The second-order valence-corrected chi connectivity index (χ2v) is 5.90. The molecule has 0 bridgehead atoms. The molecule has 0 aliphatic heterocycles. The van der Waals surface area contributed by atoms with Crippen LogP contribution in [0.3, 0.4) is 0 Å². The molecule has 0 unspecified atom stereocenters. The Labute approximate surface area is 140 Å². The maximum absolute atomic E-state index is 12.6. The van der Waals surface area contributed by atoms with E-state index in [1.54, 1.807) is 6.07 Å². The van der Waals surface area contributed by atoms with Crippen molar-refractivity contribution >= 4 is 39.9 Å². The molecule has 7 nitrogen and oxygen atoms in total. The number of amides is 1. The Morgan fingerprint density at radius 3 is 2.42 bits per heavy atom. The normalized spacial score (nSPS) is 10.7. The lowest BCUT2D eigenvalue weighted by atomic mass is 10.1. The Kier molecular flexibility index (Phi) is 4.13. The largest absolute Gasteiger partial charge is 0.383 e. The lowest BCUT2D eigenvalue weighted by Gasteiger charge is -2.11. The van der Waals surface area contributed by atoms with Gasteiger partial charge in [0.2, 0.25) is 0 Å². The summed E-state index contributed by atoms with van der Waals surface area (Å²) in [4.78, 5) is 40.6. The number of hydrogen-bond donors (Lipinski definition) is 4. The van der Waals surface area contributed by atoms with E-state index in [1.807, 2.05) is 41.6 Å². The first-order valence-electron chi connectivity index (χ1n) is 7.00. The van der Waals surface area contributed by atoms with E-state index in [2.05, 4.69) is 10.3 Å². The fraction of sp³-hybridized carbons (Fsp3) is 0.0625. The highest BCUT2D eigenvalue weighted by atomic mass is 32.2. The highest BCUT2D eigenvalue weighted by Gasteiger charge is 2.16. The number of carbonyl (C=O) groups is 1. The van der Waals surface area contributed by atoms with Crippen LogP contribution in [0, 0.1) is 0 Å². The van der Waals surface area contributed by atoms with Gasteiger partial charge in [0.25, 0.3) is 11.5 Å². The van der Waals surface area contributed by atoms with Gasteiger partial charge in [-0.15, -0.1) is 11.8 Å². The summed E-state index contributed by atoms with van der Waals surface area (Å²) >= 11 is 1.42. The van der Waals surface area contributed by atoms with Crippen molar-refractivity contribution in [3.8, 4) is 0 Å². The predicted molar refractivity (Wildman–Crippen MR) is 95.8 cm³/mol. The van der Waals surface area contributed by atoms with E-state index in [-0.39, 0.29) is 11.5 Å². The van der Waals surface area contributed by atoms with Crippen LogP contribution in [0.25, 0.3) is 10.8 Å². The average Bonchev–Trinajstić information content (AvgIpc) is 2.56. The van der Waals surface area contributed by atoms with E-state index < -0.39 is 17.2 Å². The number of nitrogens with two attached hydrogens (primary N) is 1. The number of fused-ring (bicyclic) bond motifs is 1. The summed E-state index contributed by atoms with van der Waals surface area (Å²) in [7, 11) is 0. The third-order valence-electron chi connectivity index (χ3n) is 3.52. The summed E-state index contributed by atoms with van der Waals surface area (Å²) in [6.07, 6.45) is 1.86. The molecule has 8 heteroatoms. The molecule has 0 fully saturated rings. The molecule has 1 heterocycles. The molecule has 0 aliphatic carbocycles. The molecular weight excluding hydrogens is 328 g/mol. The molecule has 0 saturated carbocycles. The molecule has 0 atom stereocenters. The van der Waals surface area contributed by atoms with E-state index in [0.717, 1.165) is 15.7 Å². The first kappa shape index (κ1) is 15.9. The molecule has 1 aromatic heterocycles. The number of hydrogen-bond acceptors (Lipinski definition) is 5. The molecule has 3 rings (SSSR count). The second kappa shape index (κ2) is 6.25. The predicted octanol–water partition coefficient (Wildman–Crippen LogP) is 1.77. The number of aromatic nitrogens is 2. The minimum absolute atomic E-state index is 0.181. The number of thioether (sulfide) groups is 1. The summed E-state index contributed by atoms with van der Waals surface area (Å²) < 4.78 is 0. The minimum Gasteiger partial charge on any atom is -0.383 e. The number of benzene rings is 2. The maximum Gasteiger partial charge on any atom is 0.327 e. The van der Waals surface area contributed by atoms with Crippen molar-refractivity contribution in [1.29, 1.82) is 0 Å². The van der Waals surface area contributed by atoms with Gasteiger partial charge in [0.05, 0.1) is 5.56 Å². The van der Waals surface area contributed by atoms with Crippen LogP contribution in [0.1, 0.15) is 10.4 Å². The first-order chi connectivity index (χ1) is 11.5. The Morgan fingerprint density at radius 1 is 1.12 bits per heavy atom. The van der Waals surface area contributed by atoms with Gasteiger partial charge in [0.15, 0.2) is 0 Å². The van der Waals surface area contributed by atoms with Crippen molar-refractivity contribution in [1.82, 2.24) is 9.97 Å². The SMILES string of the molecule is CSc1cc2ccccc2cc1C(=O)Nc1c(N)[nH]c(=O)[nH]c1=O. The zero-order valence-corrected chi connectivity index (χ0v) is 13.5. The summed E-state index contributed by atoms with van der Waals surface area (Å²) in [6, 6.07) is 11.3. The molecule has 2 aromatic carbocycles.